The monoisotopic (exact) mass is 288 g/mol. The van der Waals surface area contributed by atoms with Crippen LogP contribution in [-0.4, -0.2) is 22.7 Å². The lowest BCUT2D eigenvalue weighted by atomic mass is 10.2. The fourth-order valence-electron chi connectivity index (χ4n) is 1.80. The van der Waals surface area contributed by atoms with E-state index in [-0.39, 0.29) is 22.4 Å². The first-order chi connectivity index (χ1) is 9.58. The first kappa shape index (κ1) is 14.3. The Hall–Kier alpha value is -2.14. The van der Waals surface area contributed by atoms with Gasteiger partial charge < -0.3 is 0 Å². The van der Waals surface area contributed by atoms with Crippen molar-refractivity contribution in [2.24, 2.45) is 0 Å². The van der Waals surface area contributed by atoms with E-state index in [4.69, 9.17) is 0 Å². The minimum atomic E-state index is -0.417. The van der Waals surface area contributed by atoms with Crippen LogP contribution in [0.3, 0.4) is 0 Å². The van der Waals surface area contributed by atoms with Gasteiger partial charge in [-0.05, 0) is 6.07 Å². The predicted octanol–water partition coefficient (Wildman–Crippen LogP) is 3.08. The van der Waals surface area contributed by atoms with Gasteiger partial charge in [-0.1, -0.05) is 36.4 Å². The Morgan fingerprint density at radius 1 is 1.15 bits per heavy atom. The number of nitrogens with zero attached hydrogens (tertiary/aromatic N) is 1. The second kappa shape index (κ2) is 6.34. The summed E-state index contributed by atoms with van der Waals surface area (Å²) < 4.78 is 0. The molecule has 0 bridgehead atoms. The molecule has 4 nitrogen and oxygen atoms in total. The fraction of sp³-hybridized carbons (Fsp3) is 0.133. The van der Waals surface area contributed by atoms with E-state index in [9.17, 15) is 14.9 Å². The summed E-state index contributed by atoms with van der Waals surface area (Å²) in [5.41, 5.74) is 0.742. The summed E-state index contributed by atoms with van der Waals surface area (Å²) in [6.07, 6.45) is 1.93. The van der Waals surface area contributed by atoms with Crippen molar-refractivity contribution >= 4 is 22.4 Å². The van der Waals surface area contributed by atoms with Crippen molar-refractivity contribution in [2.75, 3.05) is 12.0 Å². The second-order valence-electron chi connectivity index (χ2n) is 4.33. The summed E-state index contributed by atoms with van der Waals surface area (Å²) >= 11 is 0. The summed E-state index contributed by atoms with van der Waals surface area (Å²) in [5, 5.41) is 10.8. The van der Waals surface area contributed by atoms with Gasteiger partial charge in [-0.2, -0.15) is 0 Å². The van der Waals surface area contributed by atoms with Crippen LogP contribution >= 0.6 is 0 Å². The highest BCUT2D eigenvalue weighted by molar-refractivity contribution is 7.96. The van der Waals surface area contributed by atoms with Crippen molar-refractivity contribution in [3.8, 4) is 0 Å². The minimum Gasteiger partial charge on any atom is -0.289 e. The zero-order valence-corrected chi connectivity index (χ0v) is 11.8. The van der Waals surface area contributed by atoms with E-state index in [0.717, 1.165) is 4.90 Å². The van der Waals surface area contributed by atoms with Crippen molar-refractivity contribution in [3.63, 3.8) is 0 Å². The minimum absolute atomic E-state index is 0.0583. The third kappa shape index (κ3) is 3.45. The molecule has 0 aliphatic carbocycles. The molecule has 0 heterocycles. The maximum absolute atomic E-state index is 12.1. The molecule has 0 fully saturated rings. The Balaban J connectivity index is 2.12. The standard InChI is InChI=1S/C15H14NO3S/c1-20(11-15(17)12-6-3-2-4-7-12)14-9-5-8-13(10-14)16(18)19/h2-10H,11H2,1H3/q+1. The van der Waals surface area contributed by atoms with Gasteiger partial charge in [0.15, 0.2) is 10.6 Å². The number of benzene rings is 2. The SMILES string of the molecule is C[S+](CC(=O)c1ccccc1)c1cccc([N+](=O)[O-])c1. The molecule has 20 heavy (non-hydrogen) atoms. The Morgan fingerprint density at radius 3 is 2.50 bits per heavy atom. The molecule has 5 heteroatoms. The van der Waals surface area contributed by atoms with Crippen molar-refractivity contribution in [1.29, 1.82) is 0 Å². The lowest BCUT2D eigenvalue weighted by Crippen LogP contribution is -2.15. The van der Waals surface area contributed by atoms with Crippen LogP contribution in [0.4, 0.5) is 5.69 Å². The topological polar surface area (TPSA) is 60.2 Å². The molecule has 0 aromatic heterocycles. The Labute approximate surface area is 119 Å². The second-order valence-corrected chi connectivity index (χ2v) is 6.36. The number of nitro benzene ring substituents is 1. The van der Waals surface area contributed by atoms with Gasteiger partial charge in [0, 0.05) is 22.5 Å². The van der Waals surface area contributed by atoms with Gasteiger partial charge in [0.05, 0.1) is 11.0 Å². The number of ketones is 1. The molecule has 0 amide bonds. The fourth-order valence-corrected chi connectivity index (χ4v) is 3.16. The van der Waals surface area contributed by atoms with Crippen LogP contribution in [0, 0.1) is 10.1 Å². The number of hydrogen-bond acceptors (Lipinski definition) is 3. The lowest BCUT2D eigenvalue weighted by molar-refractivity contribution is -0.385. The number of carbonyl (C=O) groups excluding carboxylic acids is 1. The van der Waals surface area contributed by atoms with E-state index in [0.29, 0.717) is 11.3 Å². The van der Waals surface area contributed by atoms with E-state index >= 15 is 0 Å². The lowest BCUT2D eigenvalue weighted by Gasteiger charge is -2.03. The van der Waals surface area contributed by atoms with Gasteiger partial charge in [-0.15, -0.1) is 0 Å². The molecule has 102 valence electrons. The van der Waals surface area contributed by atoms with E-state index in [2.05, 4.69) is 0 Å². The zero-order chi connectivity index (χ0) is 14.5. The average molecular weight is 288 g/mol. The molecule has 1 atom stereocenters. The smallest absolute Gasteiger partial charge is 0.274 e. The quantitative estimate of drug-likeness (QED) is 0.367. The molecule has 2 aromatic rings. The summed E-state index contributed by atoms with van der Waals surface area (Å²) in [4.78, 5) is 23.3. The number of non-ortho nitro benzene ring substituents is 1. The van der Waals surface area contributed by atoms with Crippen molar-refractivity contribution < 1.29 is 9.72 Å². The molecule has 1 unspecified atom stereocenters. The third-order valence-corrected chi connectivity index (χ3v) is 4.63. The van der Waals surface area contributed by atoms with E-state index in [1.807, 2.05) is 30.5 Å². The molecule has 0 spiro atoms. The number of hydrogen-bond donors (Lipinski definition) is 0. The Morgan fingerprint density at radius 2 is 1.85 bits per heavy atom. The first-order valence-corrected chi connectivity index (χ1v) is 7.83. The van der Waals surface area contributed by atoms with Crippen LogP contribution in [0.15, 0.2) is 59.5 Å². The molecular formula is C15H14NO3S+. The predicted molar refractivity (Wildman–Crippen MR) is 80.3 cm³/mol. The van der Waals surface area contributed by atoms with E-state index in [1.165, 1.54) is 6.07 Å². The molecule has 0 saturated heterocycles. The van der Waals surface area contributed by atoms with Crippen LogP contribution in [0.25, 0.3) is 0 Å². The number of carbonyl (C=O) groups is 1. The molecule has 0 N–H and O–H groups in total. The van der Waals surface area contributed by atoms with Gasteiger partial charge in [0.1, 0.15) is 6.26 Å². The summed E-state index contributed by atoms with van der Waals surface area (Å²) in [6.45, 7) is 0. The molecule has 0 saturated carbocycles. The van der Waals surface area contributed by atoms with Crippen LogP contribution < -0.4 is 0 Å². The van der Waals surface area contributed by atoms with Crippen molar-refractivity contribution in [3.05, 3.63) is 70.3 Å². The third-order valence-electron chi connectivity index (χ3n) is 2.87. The largest absolute Gasteiger partial charge is 0.289 e. The molecule has 2 aromatic carbocycles. The number of Topliss-reactive ketones (excluding diaryl/α,β-unsaturated/α-hetero) is 1. The Bertz CT molecular complexity index is 628. The first-order valence-electron chi connectivity index (χ1n) is 6.03. The highest BCUT2D eigenvalue weighted by Crippen LogP contribution is 2.19. The number of nitro groups is 1. The van der Waals surface area contributed by atoms with Gasteiger partial charge in [-0.3, -0.25) is 14.9 Å². The van der Waals surface area contributed by atoms with Crippen LogP contribution in [0.1, 0.15) is 10.4 Å². The van der Waals surface area contributed by atoms with Crippen LogP contribution in [-0.2, 0) is 10.9 Å². The maximum atomic E-state index is 12.1. The highest BCUT2D eigenvalue weighted by atomic mass is 32.2. The molecule has 2 rings (SSSR count). The van der Waals surface area contributed by atoms with Crippen molar-refractivity contribution in [1.82, 2.24) is 0 Å². The normalized spacial score (nSPS) is 11.8. The zero-order valence-electron chi connectivity index (χ0n) is 11.0. The van der Waals surface area contributed by atoms with Crippen LogP contribution in [0.2, 0.25) is 0 Å². The van der Waals surface area contributed by atoms with Gasteiger partial charge >= 0.3 is 0 Å². The van der Waals surface area contributed by atoms with Gasteiger partial charge in [0.25, 0.3) is 5.69 Å². The molecule has 0 aliphatic rings. The highest BCUT2D eigenvalue weighted by Gasteiger charge is 2.23. The molecular weight excluding hydrogens is 274 g/mol. The van der Waals surface area contributed by atoms with Crippen molar-refractivity contribution in [2.45, 2.75) is 4.90 Å². The maximum Gasteiger partial charge on any atom is 0.274 e. The van der Waals surface area contributed by atoms with Gasteiger partial charge in [0.2, 0.25) is 5.78 Å². The summed E-state index contributed by atoms with van der Waals surface area (Å²) in [6, 6.07) is 15.6. The van der Waals surface area contributed by atoms with Crippen LogP contribution in [0.5, 0.6) is 0 Å². The average Bonchev–Trinajstić information content (AvgIpc) is 2.48. The molecule has 0 radical (unpaired) electrons. The van der Waals surface area contributed by atoms with Gasteiger partial charge in [-0.25, -0.2) is 0 Å². The molecule has 0 aliphatic heterocycles. The number of rotatable bonds is 5. The summed E-state index contributed by atoms with van der Waals surface area (Å²) in [7, 11) is -0.345. The Kier molecular flexibility index (Phi) is 4.53. The van der Waals surface area contributed by atoms with E-state index in [1.54, 1.807) is 24.3 Å². The summed E-state index contributed by atoms with van der Waals surface area (Å²) in [5.74, 6) is 0.425. The van der Waals surface area contributed by atoms with E-state index < -0.39 is 4.92 Å².